The zero-order valence-corrected chi connectivity index (χ0v) is 12.9. The van der Waals surface area contributed by atoms with Crippen LogP contribution in [0.3, 0.4) is 0 Å². The zero-order valence-electron chi connectivity index (χ0n) is 12.1. The van der Waals surface area contributed by atoms with Gasteiger partial charge in [0.1, 0.15) is 0 Å². The first kappa shape index (κ1) is 16.6. The van der Waals surface area contributed by atoms with Crippen LogP contribution in [0.1, 0.15) is 36.0 Å². The molecule has 0 aromatic carbocycles. The molecule has 4 N–H and O–H groups in total. The van der Waals surface area contributed by atoms with E-state index in [1.165, 1.54) is 11.3 Å². The van der Waals surface area contributed by atoms with Crippen LogP contribution in [0.5, 0.6) is 0 Å². The fraction of sp³-hybridized carbons (Fsp3) is 0.538. The molecule has 1 aromatic heterocycles. The van der Waals surface area contributed by atoms with Crippen LogP contribution >= 0.6 is 11.3 Å². The molecule has 7 heteroatoms. The Morgan fingerprint density at radius 1 is 1.45 bits per heavy atom. The van der Waals surface area contributed by atoms with Gasteiger partial charge in [0.2, 0.25) is 5.91 Å². The predicted molar refractivity (Wildman–Crippen MR) is 80.2 cm³/mol. The van der Waals surface area contributed by atoms with E-state index in [1.807, 2.05) is 37.1 Å². The minimum absolute atomic E-state index is 0.0121. The molecule has 0 bridgehead atoms. The van der Waals surface area contributed by atoms with Crippen molar-refractivity contribution in [2.45, 2.75) is 33.4 Å². The number of nitrogens with two attached hydrogens (primary N) is 1. The van der Waals surface area contributed by atoms with Crippen molar-refractivity contribution in [1.29, 1.82) is 0 Å². The molecule has 0 saturated carbocycles. The van der Waals surface area contributed by atoms with Gasteiger partial charge in [0.15, 0.2) is 0 Å². The quantitative estimate of drug-likeness (QED) is 0.393. The third-order valence-electron chi connectivity index (χ3n) is 2.74. The third kappa shape index (κ3) is 4.92. The van der Waals surface area contributed by atoms with Gasteiger partial charge < -0.3 is 5.32 Å². The Morgan fingerprint density at radius 2 is 2.15 bits per heavy atom. The highest BCUT2D eigenvalue weighted by molar-refractivity contribution is 7.12. The highest BCUT2D eigenvalue weighted by Crippen LogP contribution is 2.18. The summed E-state index contributed by atoms with van der Waals surface area (Å²) >= 11 is 1.34. The highest BCUT2D eigenvalue weighted by atomic mass is 32.1. The zero-order chi connectivity index (χ0) is 15.1. The second-order valence-corrected chi connectivity index (χ2v) is 5.69. The maximum Gasteiger partial charge on any atom is 0.275 e. The normalized spacial score (nSPS) is 10.9. The van der Waals surface area contributed by atoms with Crippen molar-refractivity contribution in [3.63, 3.8) is 0 Å². The first-order chi connectivity index (χ1) is 9.47. The number of nitrogens with zero attached hydrogens (tertiary/aromatic N) is 1. The van der Waals surface area contributed by atoms with Crippen LogP contribution in [0.4, 0.5) is 0 Å². The van der Waals surface area contributed by atoms with E-state index in [1.54, 1.807) is 0 Å². The molecule has 1 aromatic rings. The standard InChI is InChI=1S/C13H22N4O2S/c1-4-17(8-11(18)15-9(2)3)7-10-5-6-20-12(10)13(19)16-14/h5-6,9H,4,7-8,14H2,1-3H3,(H,15,18)(H,16,19). The molecule has 0 saturated heterocycles. The van der Waals surface area contributed by atoms with Gasteiger partial charge in [-0.3, -0.25) is 19.9 Å². The number of nitrogens with one attached hydrogen (secondary N) is 2. The number of hydrazine groups is 1. The van der Waals surface area contributed by atoms with E-state index in [9.17, 15) is 9.59 Å². The fourth-order valence-electron chi connectivity index (χ4n) is 1.82. The highest BCUT2D eigenvalue weighted by Gasteiger charge is 2.16. The summed E-state index contributed by atoms with van der Waals surface area (Å²) in [7, 11) is 0. The fourth-order valence-corrected chi connectivity index (χ4v) is 2.63. The van der Waals surface area contributed by atoms with Crippen molar-refractivity contribution < 1.29 is 9.59 Å². The van der Waals surface area contributed by atoms with Crippen LogP contribution in [-0.4, -0.2) is 35.8 Å². The topological polar surface area (TPSA) is 87.5 Å². The van der Waals surface area contributed by atoms with Gasteiger partial charge in [-0.2, -0.15) is 0 Å². The lowest BCUT2D eigenvalue weighted by Gasteiger charge is -2.20. The Labute approximate surface area is 123 Å². The molecule has 112 valence electrons. The molecular weight excluding hydrogens is 276 g/mol. The second kappa shape index (κ2) is 7.98. The maximum atomic E-state index is 11.8. The van der Waals surface area contributed by atoms with Crippen LogP contribution in [0.2, 0.25) is 0 Å². The Hall–Kier alpha value is -1.44. The van der Waals surface area contributed by atoms with Gasteiger partial charge in [0.25, 0.3) is 5.91 Å². The average Bonchev–Trinajstić information content (AvgIpc) is 2.84. The van der Waals surface area contributed by atoms with E-state index in [4.69, 9.17) is 5.84 Å². The molecule has 6 nitrogen and oxygen atoms in total. The SMILES string of the molecule is CCN(CC(=O)NC(C)C)Cc1ccsc1C(=O)NN. The van der Waals surface area contributed by atoms with E-state index < -0.39 is 0 Å². The van der Waals surface area contributed by atoms with Crippen molar-refractivity contribution in [3.05, 3.63) is 21.9 Å². The number of thiophene rings is 1. The minimum Gasteiger partial charge on any atom is -0.353 e. The lowest BCUT2D eigenvalue weighted by Crippen LogP contribution is -2.40. The smallest absolute Gasteiger partial charge is 0.275 e. The van der Waals surface area contributed by atoms with E-state index in [2.05, 4.69) is 10.7 Å². The van der Waals surface area contributed by atoms with Crippen LogP contribution < -0.4 is 16.6 Å². The number of amides is 2. The van der Waals surface area contributed by atoms with Crippen LogP contribution in [0.25, 0.3) is 0 Å². The Kier molecular flexibility index (Phi) is 6.63. The van der Waals surface area contributed by atoms with Crippen LogP contribution in [0.15, 0.2) is 11.4 Å². The summed E-state index contributed by atoms with van der Waals surface area (Å²) in [5.41, 5.74) is 3.03. The summed E-state index contributed by atoms with van der Waals surface area (Å²) < 4.78 is 0. The van der Waals surface area contributed by atoms with E-state index >= 15 is 0 Å². The second-order valence-electron chi connectivity index (χ2n) is 4.77. The number of rotatable bonds is 7. The van der Waals surface area contributed by atoms with E-state index in [-0.39, 0.29) is 17.9 Å². The molecule has 1 heterocycles. The summed E-state index contributed by atoms with van der Waals surface area (Å²) in [6.07, 6.45) is 0. The Morgan fingerprint density at radius 3 is 2.70 bits per heavy atom. The van der Waals surface area contributed by atoms with Gasteiger partial charge in [-0.25, -0.2) is 5.84 Å². The van der Waals surface area contributed by atoms with Crippen molar-refractivity contribution in [2.24, 2.45) is 5.84 Å². The third-order valence-corrected chi connectivity index (χ3v) is 3.70. The molecule has 0 aliphatic carbocycles. The van der Waals surface area contributed by atoms with Crippen molar-refractivity contribution in [3.8, 4) is 0 Å². The van der Waals surface area contributed by atoms with Crippen molar-refractivity contribution in [2.75, 3.05) is 13.1 Å². The van der Waals surface area contributed by atoms with Crippen molar-refractivity contribution >= 4 is 23.2 Å². The number of nitrogen functional groups attached to an aromatic ring is 1. The van der Waals surface area contributed by atoms with Crippen molar-refractivity contribution in [1.82, 2.24) is 15.6 Å². The Bertz CT molecular complexity index is 459. The maximum absolute atomic E-state index is 11.8. The largest absolute Gasteiger partial charge is 0.353 e. The molecular formula is C13H22N4O2S. The first-order valence-electron chi connectivity index (χ1n) is 6.57. The summed E-state index contributed by atoms with van der Waals surface area (Å²) in [6.45, 7) is 7.43. The number of carbonyl (C=O) groups is 2. The minimum atomic E-state index is -0.294. The number of carbonyl (C=O) groups excluding carboxylic acids is 2. The van der Waals surface area contributed by atoms with Gasteiger partial charge in [-0.05, 0) is 37.4 Å². The number of likely N-dealkylation sites (N-methyl/N-ethyl adjacent to an activating group) is 1. The molecule has 2 amide bonds. The molecule has 0 unspecified atom stereocenters. The van der Waals surface area contributed by atoms with Crippen LogP contribution in [-0.2, 0) is 11.3 Å². The summed E-state index contributed by atoms with van der Waals surface area (Å²) in [5.74, 6) is 4.85. The first-order valence-corrected chi connectivity index (χ1v) is 7.44. The molecule has 0 radical (unpaired) electrons. The number of hydrogen-bond donors (Lipinski definition) is 3. The lowest BCUT2D eigenvalue weighted by atomic mass is 10.2. The molecule has 0 aliphatic heterocycles. The molecule has 0 fully saturated rings. The van der Waals surface area contributed by atoms with Gasteiger partial charge >= 0.3 is 0 Å². The van der Waals surface area contributed by atoms with E-state index in [0.717, 1.165) is 12.1 Å². The van der Waals surface area contributed by atoms with Gasteiger partial charge in [0.05, 0.1) is 11.4 Å². The molecule has 0 atom stereocenters. The molecule has 0 aliphatic rings. The predicted octanol–water partition coefficient (Wildman–Crippen LogP) is 0.698. The summed E-state index contributed by atoms with van der Waals surface area (Å²) in [6, 6.07) is 2.01. The average molecular weight is 298 g/mol. The Balaban J connectivity index is 2.67. The summed E-state index contributed by atoms with van der Waals surface area (Å²) in [5, 5.41) is 4.71. The lowest BCUT2D eigenvalue weighted by molar-refractivity contribution is -0.122. The van der Waals surface area contributed by atoms with Gasteiger partial charge in [0, 0.05) is 12.6 Å². The van der Waals surface area contributed by atoms with E-state index in [0.29, 0.717) is 18.0 Å². The van der Waals surface area contributed by atoms with Gasteiger partial charge in [-0.15, -0.1) is 11.3 Å². The molecule has 20 heavy (non-hydrogen) atoms. The molecule has 1 rings (SSSR count). The van der Waals surface area contributed by atoms with Crippen LogP contribution in [0, 0.1) is 0 Å². The number of hydrogen-bond acceptors (Lipinski definition) is 5. The monoisotopic (exact) mass is 298 g/mol. The van der Waals surface area contributed by atoms with Gasteiger partial charge in [-0.1, -0.05) is 6.92 Å². The molecule has 0 spiro atoms. The summed E-state index contributed by atoms with van der Waals surface area (Å²) in [4.78, 5) is 26.0.